The number of benzene rings is 1. The van der Waals surface area contributed by atoms with Gasteiger partial charge in [-0.3, -0.25) is 14.3 Å². The van der Waals surface area contributed by atoms with Crippen molar-refractivity contribution in [3.8, 4) is 5.75 Å². The van der Waals surface area contributed by atoms with Crippen LogP contribution in [0.3, 0.4) is 0 Å². The third-order valence-corrected chi connectivity index (χ3v) is 6.15. The molecule has 2 heterocycles. The Morgan fingerprint density at radius 1 is 1.29 bits per heavy atom. The third kappa shape index (κ3) is 4.63. The summed E-state index contributed by atoms with van der Waals surface area (Å²) in [5.41, 5.74) is 1.44. The summed E-state index contributed by atoms with van der Waals surface area (Å²) in [7, 11) is -2.03. The molecule has 0 amide bonds. The van der Waals surface area contributed by atoms with Gasteiger partial charge in [0.15, 0.2) is 15.9 Å². The van der Waals surface area contributed by atoms with Gasteiger partial charge in [-0.2, -0.15) is 8.42 Å². The maximum absolute atomic E-state index is 12.6. The fourth-order valence-corrected chi connectivity index (χ4v) is 4.06. The third-order valence-electron chi connectivity index (χ3n) is 4.06. The molecule has 0 radical (unpaired) electrons. The quantitative estimate of drug-likeness (QED) is 0.708. The number of hydrogen-bond donors (Lipinski definition) is 1. The van der Waals surface area contributed by atoms with E-state index in [0.717, 1.165) is 17.4 Å². The highest BCUT2D eigenvalue weighted by atomic mass is 32.2. The lowest BCUT2D eigenvalue weighted by molar-refractivity contribution is -0.109. The summed E-state index contributed by atoms with van der Waals surface area (Å²) in [4.78, 5) is 28.9. The first-order valence-corrected chi connectivity index (χ1v) is 10.9. The van der Waals surface area contributed by atoms with Crippen LogP contribution in [0.2, 0.25) is 0 Å². The molecule has 0 bridgehead atoms. The van der Waals surface area contributed by atoms with Crippen molar-refractivity contribution in [3.05, 3.63) is 42.1 Å². The van der Waals surface area contributed by atoms with E-state index in [0.29, 0.717) is 30.2 Å². The minimum Gasteiger partial charge on any atom is -0.489 e. The fraction of sp³-hybridized carbons (Fsp3) is 0.278. The lowest BCUT2D eigenvalue weighted by atomic mass is 10.1. The Hall–Kier alpha value is -2.59. The normalized spacial score (nSPS) is 13.4. The number of ketones is 1. The van der Waals surface area contributed by atoms with Gasteiger partial charge in [-0.15, -0.1) is 0 Å². The molecule has 1 aromatic heterocycles. The molecule has 0 fully saturated rings. The maximum Gasteiger partial charge on any atom is 0.279 e. The maximum atomic E-state index is 12.6. The van der Waals surface area contributed by atoms with Crippen LogP contribution in [0.25, 0.3) is 0 Å². The molecular weight excluding hydrogens is 402 g/mol. The molecule has 1 N–H and O–H groups in total. The number of fused-ring (bicyclic) bond motifs is 1. The molecule has 8 nitrogen and oxygen atoms in total. The predicted molar refractivity (Wildman–Crippen MR) is 108 cm³/mol. The van der Waals surface area contributed by atoms with Crippen LogP contribution in [0.1, 0.15) is 17.3 Å². The number of ether oxygens (including phenoxy) is 1. The minimum absolute atomic E-state index is 0.0495. The summed E-state index contributed by atoms with van der Waals surface area (Å²) in [5.74, 6) is 0.314. The highest BCUT2D eigenvalue weighted by Crippen LogP contribution is 2.31. The first kappa shape index (κ1) is 20.2. The van der Waals surface area contributed by atoms with Crippen molar-refractivity contribution in [3.63, 3.8) is 0 Å². The summed E-state index contributed by atoms with van der Waals surface area (Å²) in [5, 5.41) is -0.287. The van der Waals surface area contributed by atoms with Crippen LogP contribution < -0.4 is 14.4 Å². The number of likely N-dealkylation sites (N-methyl/N-ethyl adjacent to an activating group) is 1. The zero-order valence-electron chi connectivity index (χ0n) is 15.3. The Bertz CT molecular complexity index is 1010. The Kier molecular flexibility index (Phi) is 5.90. The number of pyridine rings is 1. The average molecular weight is 422 g/mol. The predicted octanol–water partition coefficient (Wildman–Crippen LogP) is 2.17. The molecule has 10 heteroatoms. The van der Waals surface area contributed by atoms with Crippen LogP contribution >= 0.6 is 11.8 Å². The van der Waals surface area contributed by atoms with Crippen molar-refractivity contribution in [2.24, 2.45) is 0 Å². The molecule has 3 rings (SSSR count). The van der Waals surface area contributed by atoms with E-state index in [1.54, 1.807) is 0 Å². The van der Waals surface area contributed by atoms with E-state index in [1.165, 1.54) is 43.5 Å². The number of nitrogens with zero attached hydrogens (tertiary/aromatic N) is 2. The number of anilines is 2. The number of carbonyl (C=O) groups is 2. The Labute approximate surface area is 167 Å². The van der Waals surface area contributed by atoms with Crippen LogP contribution in [0.5, 0.6) is 5.75 Å². The minimum atomic E-state index is -3.91. The van der Waals surface area contributed by atoms with Gasteiger partial charge in [0, 0.05) is 31.3 Å². The molecule has 0 spiro atoms. The van der Waals surface area contributed by atoms with E-state index >= 15 is 0 Å². The van der Waals surface area contributed by atoms with Gasteiger partial charge in [0.1, 0.15) is 12.4 Å². The van der Waals surface area contributed by atoms with Gasteiger partial charge in [0.05, 0.1) is 24.2 Å². The number of sulfonamides is 1. The van der Waals surface area contributed by atoms with E-state index in [9.17, 15) is 18.0 Å². The van der Waals surface area contributed by atoms with E-state index in [-0.39, 0.29) is 21.7 Å². The number of nitrogens with one attached hydrogen (secondary N) is 1. The van der Waals surface area contributed by atoms with Crippen LogP contribution in [-0.4, -0.2) is 50.3 Å². The lowest BCUT2D eigenvalue weighted by Crippen LogP contribution is -2.29. The Morgan fingerprint density at radius 3 is 2.68 bits per heavy atom. The molecule has 1 aliphatic heterocycles. The monoisotopic (exact) mass is 421 g/mol. The van der Waals surface area contributed by atoms with Crippen molar-refractivity contribution in [2.75, 3.05) is 35.6 Å². The van der Waals surface area contributed by atoms with Gasteiger partial charge in [-0.25, -0.2) is 4.98 Å². The number of Topliss-reactive ketones (excluding diaryl/α,β-unsaturated/α-hetero) is 1. The van der Waals surface area contributed by atoms with E-state index in [2.05, 4.69) is 9.71 Å². The summed E-state index contributed by atoms with van der Waals surface area (Å²) in [6, 6.07) is 7.40. The highest BCUT2D eigenvalue weighted by molar-refractivity contribution is 8.14. The smallest absolute Gasteiger partial charge is 0.279 e. The summed E-state index contributed by atoms with van der Waals surface area (Å²) in [6.07, 6.45) is 1.47. The second-order valence-corrected chi connectivity index (χ2v) is 8.93. The molecule has 0 unspecified atom stereocenters. The number of rotatable bonds is 6. The van der Waals surface area contributed by atoms with Crippen molar-refractivity contribution < 1.29 is 22.7 Å². The molecule has 2 aromatic rings. The first-order chi connectivity index (χ1) is 13.3. The zero-order chi connectivity index (χ0) is 20.3. The van der Waals surface area contributed by atoms with Crippen LogP contribution in [0.15, 0.2) is 41.6 Å². The Morgan fingerprint density at radius 2 is 2.00 bits per heavy atom. The van der Waals surface area contributed by atoms with Crippen LogP contribution in [-0.2, 0) is 14.8 Å². The van der Waals surface area contributed by atoms with Gasteiger partial charge in [0.25, 0.3) is 10.0 Å². The highest BCUT2D eigenvalue weighted by Gasteiger charge is 2.22. The van der Waals surface area contributed by atoms with Gasteiger partial charge < -0.3 is 9.64 Å². The van der Waals surface area contributed by atoms with Crippen LogP contribution in [0.4, 0.5) is 11.4 Å². The SMILES string of the molecule is CC(=O)SCC(=O)c1ccc(NS(=O)(=O)c2cc3c(cn2)N(C)CCO3)cc1. The molecular formula is C18H19N3O5S2. The number of carbonyl (C=O) groups excluding carboxylic acids is 2. The molecule has 148 valence electrons. The van der Waals surface area contributed by atoms with Crippen LogP contribution in [0, 0.1) is 0 Å². The zero-order valence-corrected chi connectivity index (χ0v) is 17.0. The molecule has 1 aromatic carbocycles. The second-order valence-electron chi connectivity index (χ2n) is 6.15. The largest absolute Gasteiger partial charge is 0.489 e. The molecule has 0 atom stereocenters. The average Bonchev–Trinajstić information content (AvgIpc) is 2.66. The van der Waals surface area contributed by atoms with Crippen molar-refractivity contribution in [1.82, 2.24) is 4.98 Å². The first-order valence-electron chi connectivity index (χ1n) is 8.40. The van der Waals surface area contributed by atoms with E-state index in [1.807, 2.05) is 11.9 Å². The number of aromatic nitrogens is 1. The topological polar surface area (TPSA) is 106 Å². The molecule has 0 saturated carbocycles. The second kappa shape index (κ2) is 8.19. The summed E-state index contributed by atoms with van der Waals surface area (Å²) in [6.45, 7) is 2.57. The van der Waals surface area contributed by atoms with Crippen molar-refractivity contribution in [2.45, 2.75) is 11.9 Å². The van der Waals surface area contributed by atoms with Gasteiger partial charge in [-0.05, 0) is 24.3 Å². The van der Waals surface area contributed by atoms with Gasteiger partial charge in [-0.1, -0.05) is 11.8 Å². The Balaban J connectivity index is 1.74. The van der Waals surface area contributed by atoms with E-state index in [4.69, 9.17) is 4.74 Å². The molecule has 0 aliphatic carbocycles. The van der Waals surface area contributed by atoms with E-state index < -0.39 is 10.0 Å². The standard InChI is InChI=1S/C18H19N3O5S2/c1-12(22)27-11-16(23)13-3-5-14(6-4-13)20-28(24,25)18-9-17-15(10-19-18)21(2)7-8-26-17/h3-6,9-10,20H,7-8,11H2,1-2H3. The van der Waals surface area contributed by atoms with Gasteiger partial charge in [0.2, 0.25) is 0 Å². The van der Waals surface area contributed by atoms with Crippen molar-refractivity contribution >= 4 is 44.1 Å². The van der Waals surface area contributed by atoms with Crippen molar-refractivity contribution in [1.29, 1.82) is 0 Å². The molecule has 28 heavy (non-hydrogen) atoms. The van der Waals surface area contributed by atoms with Gasteiger partial charge >= 0.3 is 0 Å². The molecule has 0 saturated heterocycles. The number of hydrogen-bond acceptors (Lipinski definition) is 8. The summed E-state index contributed by atoms with van der Waals surface area (Å²) < 4.78 is 33.2. The fourth-order valence-electron chi connectivity index (χ4n) is 2.56. The summed E-state index contributed by atoms with van der Waals surface area (Å²) >= 11 is 0.933. The lowest BCUT2D eigenvalue weighted by Gasteiger charge is -2.27. The molecule has 1 aliphatic rings. The number of thioether (sulfide) groups is 1.